The molecule has 6 heteroatoms. The molecule has 0 unspecified atom stereocenters. The van der Waals surface area contributed by atoms with E-state index in [1.165, 1.54) is 5.56 Å². The Bertz CT molecular complexity index is 1120. The summed E-state index contributed by atoms with van der Waals surface area (Å²) in [6.07, 6.45) is 0.867. The normalized spacial score (nSPS) is 11.3. The molecule has 2 heterocycles. The van der Waals surface area contributed by atoms with E-state index in [0.29, 0.717) is 17.3 Å². The van der Waals surface area contributed by atoms with Crippen LogP contribution >= 0.6 is 0 Å². The molecule has 3 N–H and O–H groups in total. The van der Waals surface area contributed by atoms with Crippen molar-refractivity contribution < 1.29 is 4.79 Å². The smallest absolute Gasteiger partial charge is 0.276 e. The van der Waals surface area contributed by atoms with Crippen LogP contribution in [-0.4, -0.2) is 26.1 Å². The fourth-order valence-corrected chi connectivity index (χ4v) is 3.19. The van der Waals surface area contributed by atoms with Crippen LogP contribution in [0.4, 0.5) is 5.69 Å². The first-order chi connectivity index (χ1) is 13.5. The van der Waals surface area contributed by atoms with Crippen molar-refractivity contribution in [1.29, 1.82) is 0 Å². The zero-order valence-corrected chi connectivity index (χ0v) is 16.2. The first kappa shape index (κ1) is 18.0. The molecule has 142 valence electrons. The zero-order chi connectivity index (χ0) is 19.7. The topological polar surface area (TPSA) is 86.5 Å². The number of carbonyl (C=O) groups excluding carboxylic acids is 1. The molecule has 2 aromatic heterocycles. The second-order valence-corrected chi connectivity index (χ2v) is 7.51. The number of anilines is 1. The van der Waals surface area contributed by atoms with E-state index in [-0.39, 0.29) is 5.91 Å². The van der Waals surface area contributed by atoms with E-state index in [0.717, 1.165) is 34.5 Å². The molecule has 4 rings (SSSR count). The van der Waals surface area contributed by atoms with Gasteiger partial charge in [-0.15, -0.1) is 0 Å². The highest BCUT2D eigenvalue weighted by molar-refractivity contribution is 6.03. The Morgan fingerprint density at radius 3 is 2.64 bits per heavy atom. The summed E-state index contributed by atoms with van der Waals surface area (Å²) in [5.41, 5.74) is 6.19. The number of nitrogens with zero attached hydrogens (tertiary/aromatic N) is 2. The predicted octanol–water partition coefficient (Wildman–Crippen LogP) is 4.71. The van der Waals surface area contributed by atoms with E-state index in [1.54, 1.807) is 6.07 Å². The number of hydrogen-bond acceptors (Lipinski definition) is 3. The van der Waals surface area contributed by atoms with Crippen LogP contribution < -0.4 is 5.32 Å². The quantitative estimate of drug-likeness (QED) is 0.473. The van der Waals surface area contributed by atoms with Gasteiger partial charge in [0.1, 0.15) is 5.82 Å². The third kappa shape index (κ3) is 3.81. The lowest BCUT2D eigenvalue weighted by molar-refractivity contribution is 0.102. The Labute approximate surface area is 163 Å². The highest BCUT2D eigenvalue weighted by Crippen LogP contribution is 2.23. The van der Waals surface area contributed by atoms with Gasteiger partial charge in [-0.2, -0.15) is 5.10 Å². The van der Waals surface area contributed by atoms with Crippen molar-refractivity contribution in [2.24, 2.45) is 5.92 Å². The fraction of sp³-hybridized carbons (Fsp3) is 0.227. The van der Waals surface area contributed by atoms with Gasteiger partial charge in [-0.3, -0.25) is 9.89 Å². The van der Waals surface area contributed by atoms with Gasteiger partial charge >= 0.3 is 0 Å². The Morgan fingerprint density at radius 2 is 1.89 bits per heavy atom. The monoisotopic (exact) mass is 373 g/mol. The first-order valence-electron chi connectivity index (χ1n) is 9.40. The van der Waals surface area contributed by atoms with Crippen LogP contribution in [0, 0.1) is 12.8 Å². The van der Waals surface area contributed by atoms with Crippen molar-refractivity contribution in [3.05, 3.63) is 65.5 Å². The van der Waals surface area contributed by atoms with Crippen LogP contribution in [-0.2, 0) is 6.42 Å². The number of rotatable bonds is 5. The van der Waals surface area contributed by atoms with E-state index >= 15 is 0 Å². The Morgan fingerprint density at radius 1 is 1.11 bits per heavy atom. The lowest BCUT2D eigenvalue weighted by atomic mass is 10.1. The van der Waals surface area contributed by atoms with Gasteiger partial charge in [0.05, 0.1) is 11.0 Å². The molecule has 0 aliphatic heterocycles. The largest absolute Gasteiger partial charge is 0.338 e. The molecule has 6 nitrogen and oxygen atoms in total. The first-order valence-corrected chi connectivity index (χ1v) is 9.40. The Balaban J connectivity index is 1.48. The molecule has 0 saturated carbocycles. The van der Waals surface area contributed by atoms with Crippen LogP contribution in [0.25, 0.3) is 22.4 Å². The molecule has 0 aliphatic rings. The molecule has 1 amide bonds. The standard InChI is InChI=1S/C22H23N5O/c1-13(2)10-17-12-20(27-26-17)22(28)23-16-7-5-15(6-8-16)21-24-18-9-4-14(3)11-19(18)25-21/h4-9,11-13H,10H2,1-3H3,(H,23,28)(H,24,25)(H,26,27). The third-order valence-electron chi connectivity index (χ3n) is 4.55. The van der Waals surface area contributed by atoms with E-state index in [9.17, 15) is 4.79 Å². The second kappa shape index (κ2) is 7.31. The highest BCUT2D eigenvalue weighted by atomic mass is 16.1. The molecule has 0 aliphatic carbocycles. The van der Waals surface area contributed by atoms with Gasteiger partial charge in [0, 0.05) is 16.9 Å². The number of aromatic nitrogens is 4. The number of nitrogens with one attached hydrogen (secondary N) is 3. The van der Waals surface area contributed by atoms with Crippen molar-refractivity contribution in [3.8, 4) is 11.4 Å². The summed E-state index contributed by atoms with van der Waals surface area (Å²) in [5.74, 6) is 1.09. The van der Waals surface area contributed by atoms with Gasteiger partial charge in [-0.1, -0.05) is 19.9 Å². The summed E-state index contributed by atoms with van der Waals surface area (Å²) >= 11 is 0. The van der Waals surface area contributed by atoms with Crippen LogP contribution in [0.15, 0.2) is 48.5 Å². The number of aryl methyl sites for hydroxylation is 1. The molecule has 0 radical (unpaired) electrons. The van der Waals surface area contributed by atoms with E-state index in [1.807, 2.05) is 36.4 Å². The lowest BCUT2D eigenvalue weighted by Gasteiger charge is -2.04. The number of imidazole rings is 1. The molecule has 28 heavy (non-hydrogen) atoms. The van der Waals surface area contributed by atoms with Gasteiger partial charge in [0.2, 0.25) is 0 Å². The average Bonchev–Trinajstić information content (AvgIpc) is 3.28. The number of hydrogen-bond donors (Lipinski definition) is 3. The molecular weight excluding hydrogens is 350 g/mol. The van der Waals surface area contributed by atoms with Crippen molar-refractivity contribution in [3.63, 3.8) is 0 Å². The van der Waals surface area contributed by atoms with Gasteiger partial charge in [-0.05, 0) is 67.3 Å². The molecule has 2 aromatic carbocycles. The van der Waals surface area contributed by atoms with Crippen molar-refractivity contribution >= 4 is 22.6 Å². The van der Waals surface area contributed by atoms with Gasteiger partial charge in [0.15, 0.2) is 5.69 Å². The SMILES string of the molecule is Cc1ccc2nc(-c3ccc(NC(=O)c4cc(CC(C)C)[nH]n4)cc3)[nH]c2c1. The third-order valence-corrected chi connectivity index (χ3v) is 4.55. The van der Waals surface area contributed by atoms with Crippen LogP contribution in [0.1, 0.15) is 35.6 Å². The van der Waals surface area contributed by atoms with Crippen LogP contribution in [0.5, 0.6) is 0 Å². The number of aromatic amines is 2. The van der Waals surface area contributed by atoms with Crippen LogP contribution in [0.2, 0.25) is 0 Å². The minimum Gasteiger partial charge on any atom is -0.338 e. The predicted molar refractivity (Wildman–Crippen MR) is 111 cm³/mol. The molecule has 0 atom stereocenters. The van der Waals surface area contributed by atoms with Gasteiger partial charge in [-0.25, -0.2) is 4.98 Å². The number of amides is 1. The summed E-state index contributed by atoms with van der Waals surface area (Å²) in [5, 5.41) is 9.92. The maximum atomic E-state index is 12.4. The fourth-order valence-electron chi connectivity index (χ4n) is 3.19. The van der Waals surface area contributed by atoms with Gasteiger partial charge < -0.3 is 10.3 Å². The van der Waals surface area contributed by atoms with E-state index < -0.39 is 0 Å². The molecule has 0 spiro atoms. The summed E-state index contributed by atoms with van der Waals surface area (Å²) in [4.78, 5) is 20.4. The van der Waals surface area contributed by atoms with Crippen molar-refractivity contribution in [2.45, 2.75) is 27.2 Å². The van der Waals surface area contributed by atoms with E-state index in [4.69, 9.17) is 0 Å². The summed E-state index contributed by atoms with van der Waals surface area (Å²) in [6.45, 7) is 6.32. The molecule has 4 aromatic rings. The number of carbonyl (C=O) groups is 1. The molecule has 0 bridgehead atoms. The molecular formula is C22H23N5O. The number of H-pyrrole nitrogens is 2. The van der Waals surface area contributed by atoms with Gasteiger partial charge in [0.25, 0.3) is 5.91 Å². The minimum atomic E-state index is -0.224. The second-order valence-electron chi connectivity index (χ2n) is 7.51. The maximum absolute atomic E-state index is 12.4. The van der Waals surface area contributed by atoms with Crippen molar-refractivity contribution in [2.75, 3.05) is 5.32 Å². The minimum absolute atomic E-state index is 0.224. The number of benzene rings is 2. The van der Waals surface area contributed by atoms with Crippen molar-refractivity contribution in [1.82, 2.24) is 20.2 Å². The van der Waals surface area contributed by atoms with E-state index in [2.05, 4.69) is 52.3 Å². The summed E-state index contributed by atoms with van der Waals surface area (Å²) in [6, 6.07) is 15.6. The van der Waals surface area contributed by atoms with Crippen LogP contribution in [0.3, 0.4) is 0 Å². The average molecular weight is 373 g/mol. The molecule has 0 saturated heterocycles. The maximum Gasteiger partial charge on any atom is 0.276 e. The molecule has 0 fully saturated rings. The summed E-state index contributed by atoms with van der Waals surface area (Å²) < 4.78 is 0. The Kier molecular flexibility index (Phi) is 4.69. The summed E-state index contributed by atoms with van der Waals surface area (Å²) in [7, 11) is 0. The zero-order valence-electron chi connectivity index (χ0n) is 16.2. The Hall–Kier alpha value is -3.41. The lowest BCUT2D eigenvalue weighted by Crippen LogP contribution is -2.12. The highest BCUT2D eigenvalue weighted by Gasteiger charge is 2.12. The number of fused-ring (bicyclic) bond motifs is 1.